The summed E-state index contributed by atoms with van der Waals surface area (Å²) >= 11 is 3.69. The molecule has 0 unspecified atom stereocenters. The number of allylic oxidation sites excluding steroid dienone is 2. The van der Waals surface area contributed by atoms with Crippen LogP contribution >= 0.6 is 15.9 Å². The molecule has 62 valence electrons. The summed E-state index contributed by atoms with van der Waals surface area (Å²) in [5.74, 6) is 0.821. The van der Waals surface area contributed by atoms with Gasteiger partial charge < -0.3 is 0 Å². The van der Waals surface area contributed by atoms with Crippen LogP contribution < -0.4 is 0 Å². The maximum Gasteiger partial charge on any atom is 0.00446 e. The van der Waals surface area contributed by atoms with Crippen LogP contribution in [0.25, 0.3) is 0 Å². The van der Waals surface area contributed by atoms with E-state index in [1.54, 1.807) is 0 Å². The summed E-state index contributed by atoms with van der Waals surface area (Å²) in [6, 6.07) is 0. The van der Waals surface area contributed by atoms with Gasteiger partial charge in [-0.2, -0.15) is 0 Å². The number of hydrogen-bond donors (Lipinski definition) is 0. The molecule has 0 spiro atoms. The van der Waals surface area contributed by atoms with Gasteiger partial charge in [0.05, 0.1) is 0 Å². The highest BCUT2D eigenvalue weighted by atomic mass is 79.9. The highest BCUT2D eigenvalue weighted by Gasteiger charge is 2.56. The molecule has 1 saturated carbocycles. The van der Waals surface area contributed by atoms with Crippen LogP contribution in [0.15, 0.2) is 10.6 Å². The van der Waals surface area contributed by atoms with E-state index in [1.165, 1.54) is 17.3 Å². The van der Waals surface area contributed by atoms with Gasteiger partial charge in [-0.15, -0.1) is 0 Å². The summed E-state index contributed by atoms with van der Waals surface area (Å²) in [4.78, 5) is 0. The molecule has 0 heterocycles. The molecular formula is C10H15Br. The Morgan fingerprint density at radius 1 is 1.45 bits per heavy atom. The van der Waals surface area contributed by atoms with Gasteiger partial charge in [-0.1, -0.05) is 42.8 Å². The van der Waals surface area contributed by atoms with Crippen LogP contribution in [0.4, 0.5) is 0 Å². The van der Waals surface area contributed by atoms with E-state index in [-0.39, 0.29) is 0 Å². The lowest BCUT2D eigenvalue weighted by Crippen LogP contribution is -2.28. The Morgan fingerprint density at radius 2 is 2.09 bits per heavy atom. The van der Waals surface area contributed by atoms with Crippen molar-refractivity contribution < 1.29 is 0 Å². The summed E-state index contributed by atoms with van der Waals surface area (Å²) in [6.45, 7) is 7.19. The maximum absolute atomic E-state index is 3.69. The van der Waals surface area contributed by atoms with Gasteiger partial charge in [0, 0.05) is 5.41 Å². The van der Waals surface area contributed by atoms with Crippen molar-refractivity contribution in [1.82, 2.24) is 0 Å². The summed E-state index contributed by atoms with van der Waals surface area (Å²) in [6.07, 6.45) is 5.17. The maximum atomic E-state index is 3.69. The van der Waals surface area contributed by atoms with Crippen LogP contribution in [-0.4, -0.2) is 0 Å². The standard InChI is InChI=1S/C10H15Br/c1-9(2)7-4-5-10(9,3)8(11)6-7/h6-7H,4-5H2,1-3H3/t7-,10+/m1/s1. The number of halogens is 1. The van der Waals surface area contributed by atoms with Gasteiger partial charge in [-0.3, -0.25) is 0 Å². The average molecular weight is 215 g/mol. The van der Waals surface area contributed by atoms with Crippen molar-refractivity contribution in [3.8, 4) is 0 Å². The van der Waals surface area contributed by atoms with E-state index in [0.717, 1.165) is 5.92 Å². The number of fused-ring (bicyclic) bond motifs is 2. The molecule has 0 aromatic carbocycles. The molecule has 0 nitrogen and oxygen atoms in total. The minimum atomic E-state index is 0.442. The molecule has 0 aromatic heterocycles. The lowest BCUT2D eigenvalue weighted by molar-refractivity contribution is 0.179. The molecule has 1 fully saturated rings. The fraction of sp³-hybridized carbons (Fsp3) is 0.800. The molecule has 1 heteroatoms. The Labute approximate surface area is 77.2 Å². The van der Waals surface area contributed by atoms with Crippen molar-refractivity contribution in [1.29, 1.82) is 0 Å². The van der Waals surface area contributed by atoms with Crippen molar-refractivity contribution >= 4 is 15.9 Å². The van der Waals surface area contributed by atoms with Gasteiger partial charge in [0.25, 0.3) is 0 Å². The van der Waals surface area contributed by atoms with E-state index in [4.69, 9.17) is 0 Å². The third kappa shape index (κ3) is 0.708. The first-order valence-electron chi connectivity index (χ1n) is 4.36. The zero-order valence-corrected chi connectivity index (χ0v) is 9.03. The van der Waals surface area contributed by atoms with Gasteiger partial charge in [0.2, 0.25) is 0 Å². The molecule has 2 aliphatic rings. The second kappa shape index (κ2) is 1.93. The highest BCUT2D eigenvalue weighted by molar-refractivity contribution is 9.11. The quantitative estimate of drug-likeness (QED) is 0.577. The second-order valence-corrected chi connectivity index (χ2v) is 5.57. The molecule has 2 aliphatic carbocycles. The van der Waals surface area contributed by atoms with Crippen LogP contribution in [0.3, 0.4) is 0 Å². The van der Waals surface area contributed by atoms with E-state index in [0.29, 0.717) is 10.8 Å². The topological polar surface area (TPSA) is 0 Å². The normalized spacial score (nSPS) is 46.2. The minimum absolute atomic E-state index is 0.442. The van der Waals surface area contributed by atoms with Crippen molar-refractivity contribution in [2.24, 2.45) is 16.7 Å². The molecule has 0 amide bonds. The van der Waals surface area contributed by atoms with Crippen molar-refractivity contribution in [3.63, 3.8) is 0 Å². The molecule has 2 bridgehead atoms. The molecule has 0 aromatic rings. The average Bonchev–Trinajstić information content (AvgIpc) is 2.20. The Morgan fingerprint density at radius 3 is 2.27 bits per heavy atom. The summed E-state index contributed by atoms with van der Waals surface area (Å²) in [5.41, 5.74) is 0.934. The van der Waals surface area contributed by atoms with E-state index in [9.17, 15) is 0 Å². The molecular weight excluding hydrogens is 200 g/mol. The van der Waals surface area contributed by atoms with Crippen molar-refractivity contribution in [2.45, 2.75) is 33.6 Å². The molecule has 0 saturated heterocycles. The second-order valence-electron chi connectivity index (χ2n) is 4.71. The molecule has 0 radical (unpaired) electrons. The van der Waals surface area contributed by atoms with Gasteiger partial charge in [0.15, 0.2) is 0 Å². The fourth-order valence-corrected chi connectivity index (χ4v) is 3.64. The van der Waals surface area contributed by atoms with E-state index in [1.807, 2.05) is 0 Å². The Kier molecular flexibility index (Phi) is 1.38. The molecule has 2 atom stereocenters. The largest absolute Gasteiger partial charge is 0.0701 e. The van der Waals surface area contributed by atoms with E-state index in [2.05, 4.69) is 42.8 Å². The monoisotopic (exact) mass is 214 g/mol. The third-order valence-corrected chi connectivity index (χ3v) is 5.32. The lowest BCUT2D eigenvalue weighted by atomic mass is 9.70. The first kappa shape index (κ1) is 7.85. The smallest absolute Gasteiger partial charge is 0.00446 e. The summed E-state index contributed by atoms with van der Waals surface area (Å²) in [5, 5.41) is 0. The van der Waals surface area contributed by atoms with Crippen LogP contribution in [0.5, 0.6) is 0 Å². The number of hydrogen-bond acceptors (Lipinski definition) is 0. The van der Waals surface area contributed by atoms with Crippen LogP contribution in [0.2, 0.25) is 0 Å². The third-order valence-electron chi connectivity index (χ3n) is 4.18. The fourth-order valence-electron chi connectivity index (χ4n) is 2.62. The van der Waals surface area contributed by atoms with E-state index >= 15 is 0 Å². The predicted octanol–water partition coefficient (Wildman–Crippen LogP) is 3.72. The Balaban J connectivity index is 2.49. The van der Waals surface area contributed by atoms with Gasteiger partial charge >= 0.3 is 0 Å². The SMILES string of the molecule is CC1(C)[C@H]2C=C(Br)[C@]1(C)CC2. The van der Waals surface area contributed by atoms with E-state index < -0.39 is 0 Å². The lowest BCUT2D eigenvalue weighted by Gasteiger charge is -2.35. The van der Waals surface area contributed by atoms with Gasteiger partial charge in [-0.25, -0.2) is 0 Å². The molecule has 11 heavy (non-hydrogen) atoms. The van der Waals surface area contributed by atoms with Crippen molar-refractivity contribution in [2.75, 3.05) is 0 Å². The summed E-state index contributed by atoms with van der Waals surface area (Å²) < 4.78 is 1.45. The zero-order chi connectivity index (χ0) is 8.28. The molecule has 0 aliphatic heterocycles. The number of rotatable bonds is 0. The Bertz CT molecular complexity index is 227. The minimum Gasteiger partial charge on any atom is -0.0701 e. The summed E-state index contributed by atoms with van der Waals surface area (Å²) in [7, 11) is 0. The van der Waals surface area contributed by atoms with Crippen LogP contribution in [0, 0.1) is 16.7 Å². The molecule has 0 N–H and O–H groups in total. The zero-order valence-electron chi connectivity index (χ0n) is 7.45. The van der Waals surface area contributed by atoms with Crippen molar-refractivity contribution in [3.05, 3.63) is 10.6 Å². The Hall–Kier alpha value is 0.220. The first-order chi connectivity index (χ1) is 4.98. The molecule has 2 rings (SSSR count). The van der Waals surface area contributed by atoms with Crippen LogP contribution in [-0.2, 0) is 0 Å². The predicted molar refractivity (Wildman–Crippen MR) is 51.6 cm³/mol. The van der Waals surface area contributed by atoms with Gasteiger partial charge in [0.1, 0.15) is 0 Å². The highest BCUT2D eigenvalue weighted by Crippen LogP contribution is 2.66. The van der Waals surface area contributed by atoms with Gasteiger partial charge in [-0.05, 0) is 28.7 Å². The van der Waals surface area contributed by atoms with Crippen LogP contribution in [0.1, 0.15) is 33.6 Å². The first-order valence-corrected chi connectivity index (χ1v) is 5.15.